The molecule has 0 fully saturated rings. The Bertz CT molecular complexity index is 705. The molecule has 5 nitrogen and oxygen atoms in total. The Kier molecular flexibility index (Phi) is 6.29. The van der Waals surface area contributed by atoms with Crippen molar-refractivity contribution in [2.45, 2.75) is 33.6 Å². The Morgan fingerprint density at radius 1 is 1.17 bits per heavy atom. The summed E-state index contributed by atoms with van der Waals surface area (Å²) in [7, 11) is 0. The van der Waals surface area contributed by atoms with Crippen molar-refractivity contribution in [1.29, 1.82) is 0 Å². The Labute approximate surface area is 143 Å². The van der Waals surface area contributed by atoms with Crippen molar-refractivity contribution in [2.24, 2.45) is 5.92 Å². The number of pyridine rings is 1. The van der Waals surface area contributed by atoms with Crippen LogP contribution in [0.1, 0.15) is 33.6 Å². The van der Waals surface area contributed by atoms with Crippen LogP contribution in [0, 0.1) is 5.92 Å². The van der Waals surface area contributed by atoms with Gasteiger partial charge in [0.05, 0.1) is 11.2 Å². The highest BCUT2D eigenvalue weighted by molar-refractivity contribution is 6.01. The second kappa shape index (κ2) is 8.43. The van der Waals surface area contributed by atoms with Crippen molar-refractivity contribution in [3.05, 3.63) is 36.5 Å². The third-order valence-electron chi connectivity index (χ3n) is 4.27. The maximum absolute atomic E-state index is 12.1. The summed E-state index contributed by atoms with van der Waals surface area (Å²) in [6.45, 7) is 6.41. The predicted octanol–water partition coefficient (Wildman–Crippen LogP) is 3.14. The maximum Gasteiger partial charge on any atom is 0.223 e. The SMILES string of the molecule is CCC(CC)C(=O)NCCN(C(C)=O)c1cccc2cccnc12. The monoisotopic (exact) mass is 327 g/mol. The molecule has 1 aromatic carbocycles. The van der Waals surface area contributed by atoms with E-state index in [9.17, 15) is 9.59 Å². The molecule has 0 saturated carbocycles. The van der Waals surface area contributed by atoms with Gasteiger partial charge in [0, 0.05) is 37.5 Å². The molecule has 1 heterocycles. The van der Waals surface area contributed by atoms with Gasteiger partial charge in [-0.25, -0.2) is 0 Å². The highest BCUT2D eigenvalue weighted by Crippen LogP contribution is 2.24. The second-order valence-corrected chi connectivity index (χ2v) is 5.83. The van der Waals surface area contributed by atoms with Gasteiger partial charge in [0.2, 0.25) is 11.8 Å². The zero-order valence-electron chi connectivity index (χ0n) is 14.6. The summed E-state index contributed by atoms with van der Waals surface area (Å²) >= 11 is 0. The van der Waals surface area contributed by atoms with E-state index >= 15 is 0 Å². The number of carbonyl (C=O) groups excluding carboxylic acids is 2. The number of para-hydroxylation sites is 1. The minimum absolute atomic E-state index is 0.0370. The fraction of sp³-hybridized carbons (Fsp3) is 0.421. The number of hydrogen-bond donors (Lipinski definition) is 1. The van der Waals surface area contributed by atoms with Crippen LogP contribution in [0.25, 0.3) is 10.9 Å². The van der Waals surface area contributed by atoms with E-state index in [0.29, 0.717) is 13.1 Å². The maximum atomic E-state index is 12.1. The zero-order valence-corrected chi connectivity index (χ0v) is 14.6. The van der Waals surface area contributed by atoms with Crippen molar-refractivity contribution in [1.82, 2.24) is 10.3 Å². The Morgan fingerprint density at radius 2 is 1.88 bits per heavy atom. The van der Waals surface area contributed by atoms with Crippen LogP contribution >= 0.6 is 0 Å². The molecule has 2 amide bonds. The average Bonchev–Trinajstić information content (AvgIpc) is 2.59. The highest BCUT2D eigenvalue weighted by atomic mass is 16.2. The first-order valence-electron chi connectivity index (χ1n) is 8.48. The third-order valence-corrected chi connectivity index (χ3v) is 4.27. The molecule has 0 unspecified atom stereocenters. The topological polar surface area (TPSA) is 62.3 Å². The van der Waals surface area contributed by atoms with Crippen LogP contribution in [0.3, 0.4) is 0 Å². The van der Waals surface area contributed by atoms with Crippen molar-refractivity contribution in [3.63, 3.8) is 0 Å². The average molecular weight is 327 g/mol. The first kappa shape index (κ1) is 17.9. The van der Waals surface area contributed by atoms with Gasteiger partial charge < -0.3 is 10.2 Å². The van der Waals surface area contributed by atoms with Crippen molar-refractivity contribution in [2.75, 3.05) is 18.0 Å². The molecule has 0 aliphatic rings. The van der Waals surface area contributed by atoms with Gasteiger partial charge in [-0.3, -0.25) is 14.6 Å². The number of anilines is 1. The number of aromatic nitrogens is 1. The lowest BCUT2D eigenvalue weighted by atomic mass is 10.0. The van der Waals surface area contributed by atoms with Crippen LogP contribution in [0.2, 0.25) is 0 Å². The Hall–Kier alpha value is -2.43. The van der Waals surface area contributed by atoms with Crippen molar-refractivity contribution < 1.29 is 9.59 Å². The fourth-order valence-electron chi connectivity index (χ4n) is 2.85. The fourth-order valence-corrected chi connectivity index (χ4v) is 2.85. The number of rotatable bonds is 7. The summed E-state index contributed by atoms with van der Waals surface area (Å²) in [6, 6.07) is 9.62. The molecular formula is C19H25N3O2. The lowest BCUT2D eigenvalue weighted by molar-refractivity contribution is -0.125. The first-order valence-corrected chi connectivity index (χ1v) is 8.48. The lowest BCUT2D eigenvalue weighted by Gasteiger charge is -2.23. The quantitative estimate of drug-likeness (QED) is 0.850. The molecule has 2 rings (SSSR count). The minimum atomic E-state index is -0.0649. The normalized spacial score (nSPS) is 10.8. The van der Waals surface area contributed by atoms with Crippen LogP contribution in [-0.2, 0) is 9.59 Å². The molecule has 24 heavy (non-hydrogen) atoms. The number of fused-ring (bicyclic) bond motifs is 1. The van der Waals surface area contributed by atoms with E-state index in [1.165, 1.54) is 6.92 Å². The summed E-state index contributed by atoms with van der Waals surface area (Å²) in [5.41, 5.74) is 1.57. The Morgan fingerprint density at radius 3 is 2.54 bits per heavy atom. The van der Waals surface area contributed by atoms with Gasteiger partial charge in [-0.15, -0.1) is 0 Å². The van der Waals surface area contributed by atoms with E-state index in [1.807, 2.05) is 44.2 Å². The molecule has 0 atom stereocenters. The molecule has 1 N–H and O–H groups in total. The number of nitrogens with one attached hydrogen (secondary N) is 1. The van der Waals surface area contributed by atoms with Gasteiger partial charge in [0.25, 0.3) is 0 Å². The molecule has 0 spiro atoms. The lowest BCUT2D eigenvalue weighted by Crippen LogP contribution is -2.39. The molecule has 0 bridgehead atoms. The van der Waals surface area contributed by atoms with E-state index in [1.54, 1.807) is 11.1 Å². The molecule has 2 aromatic rings. The molecule has 5 heteroatoms. The number of carbonyl (C=O) groups is 2. The number of nitrogens with zero attached hydrogens (tertiary/aromatic N) is 2. The first-order chi connectivity index (χ1) is 11.6. The van der Waals surface area contributed by atoms with Crippen LogP contribution in [-0.4, -0.2) is 29.9 Å². The molecule has 0 saturated heterocycles. The summed E-state index contributed by atoms with van der Waals surface area (Å²) in [6.07, 6.45) is 3.37. The standard InChI is InChI=1S/C19H25N3O2/c1-4-15(5-2)19(24)21-12-13-22(14(3)23)17-10-6-8-16-9-7-11-20-18(16)17/h6-11,15H,4-5,12-13H2,1-3H3,(H,21,24). The van der Waals surface area contributed by atoms with Crippen molar-refractivity contribution >= 4 is 28.4 Å². The smallest absolute Gasteiger partial charge is 0.223 e. The molecule has 0 aliphatic heterocycles. The van der Waals surface area contributed by atoms with E-state index in [4.69, 9.17) is 0 Å². The summed E-state index contributed by atoms with van der Waals surface area (Å²) in [4.78, 5) is 30.2. The van der Waals surface area contributed by atoms with Gasteiger partial charge >= 0.3 is 0 Å². The molecule has 1 aromatic heterocycles. The number of benzene rings is 1. The predicted molar refractivity (Wildman–Crippen MR) is 96.9 cm³/mol. The summed E-state index contributed by atoms with van der Waals surface area (Å²) in [5.74, 6) is 0.0273. The molecule has 0 aliphatic carbocycles. The zero-order chi connectivity index (χ0) is 17.5. The molecular weight excluding hydrogens is 302 g/mol. The summed E-state index contributed by atoms with van der Waals surface area (Å²) in [5, 5.41) is 3.92. The molecule has 128 valence electrons. The van der Waals surface area contributed by atoms with Gasteiger partial charge in [0.15, 0.2) is 0 Å². The van der Waals surface area contributed by atoms with Crippen LogP contribution < -0.4 is 10.2 Å². The van der Waals surface area contributed by atoms with E-state index in [-0.39, 0.29) is 17.7 Å². The highest BCUT2D eigenvalue weighted by Gasteiger charge is 2.17. The van der Waals surface area contributed by atoms with Gasteiger partial charge in [-0.1, -0.05) is 32.0 Å². The van der Waals surface area contributed by atoms with Crippen molar-refractivity contribution in [3.8, 4) is 0 Å². The van der Waals surface area contributed by atoms with Crippen LogP contribution in [0.4, 0.5) is 5.69 Å². The van der Waals surface area contributed by atoms with E-state index in [0.717, 1.165) is 29.4 Å². The number of amides is 2. The van der Waals surface area contributed by atoms with Gasteiger partial charge in [0.1, 0.15) is 0 Å². The van der Waals surface area contributed by atoms with Crippen LogP contribution in [0.5, 0.6) is 0 Å². The van der Waals surface area contributed by atoms with Crippen LogP contribution in [0.15, 0.2) is 36.5 Å². The Balaban J connectivity index is 2.12. The largest absolute Gasteiger partial charge is 0.354 e. The summed E-state index contributed by atoms with van der Waals surface area (Å²) < 4.78 is 0. The van der Waals surface area contributed by atoms with Gasteiger partial charge in [-0.2, -0.15) is 0 Å². The second-order valence-electron chi connectivity index (χ2n) is 5.83. The minimum Gasteiger partial charge on any atom is -0.354 e. The van der Waals surface area contributed by atoms with E-state index < -0.39 is 0 Å². The van der Waals surface area contributed by atoms with E-state index in [2.05, 4.69) is 10.3 Å². The van der Waals surface area contributed by atoms with Gasteiger partial charge in [-0.05, 0) is 25.0 Å². The molecule has 0 radical (unpaired) electrons. The third kappa shape index (κ3) is 4.10. The number of hydrogen-bond acceptors (Lipinski definition) is 3.